The van der Waals surface area contributed by atoms with Crippen molar-refractivity contribution in [2.45, 2.75) is 38.3 Å². The summed E-state index contributed by atoms with van der Waals surface area (Å²) in [4.78, 5) is 14.7. The fourth-order valence-electron chi connectivity index (χ4n) is 3.52. The average Bonchev–Trinajstić information content (AvgIpc) is 2.91. The number of furan rings is 1. The smallest absolute Gasteiger partial charge is 0.287 e. The van der Waals surface area contributed by atoms with Crippen molar-refractivity contribution in [1.29, 1.82) is 0 Å². The summed E-state index contributed by atoms with van der Waals surface area (Å²) in [5, 5.41) is 13.8. The molecule has 1 aliphatic carbocycles. The first-order valence-corrected chi connectivity index (χ1v) is 8.66. The lowest BCUT2D eigenvalue weighted by Crippen LogP contribution is -2.33. The Bertz CT molecular complexity index is 708. The van der Waals surface area contributed by atoms with Gasteiger partial charge in [-0.05, 0) is 45.3 Å². The Hall–Kier alpha value is -1.85. The van der Waals surface area contributed by atoms with Gasteiger partial charge in [0, 0.05) is 24.0 Å². The first-order valence-electron chi connectivity index (χ1n) is 8.66. The van der Waals surface area contributed by atoms with Crippen molar-refractivity contribution < 1.29 is 14.3 Å². The number of nitrogens with one attached hydrogen (secondary N) is 1. The Labute approximate surface area is 142 Å². The molecule has 2 atom stereocenters. The average molecular weight is 330 g/mol. The highest BCUT2D eigenvalue weighted by Crippen LogP contribution is 2.27. The van der Waals surface area contributed by atoms with Crippen LogP contribution in [0.1, 0.15) is 41.8 Å². The maximum atomic E-state index is 12.7. The molecule has 2 unspecified atom stereocenters. The Morgan fingerprint density at radius 2 is 2.12 bits per heavy atom. The molecule has 1 amide bonds. The molecule has 1 saturated carbocycles. The maximum Gasteiger partial charge on any atom is 0.287 e. The molecule has 2 N–H and O–H groups in total. The molecule has 3 rings (SSSR count). The third kappa shape index (κ3) is 3.79. The summed E-state index contributed by atoms with van der Waals surface area (Å²) in [5.41, 5.74) is 1.67. The minimum atomic E-state index is -0.226. The van der Waals surface area contributed by atoms with E-state index in [1.807, 2.05) is 43.3 Å². The van der Waals surface area contributed by atoms with E-state index in [0.29, 0.717) is 24.8 Å². The van der Waals surface area contributed by atoms with Gasteiger partial charge in [0.25, 0.3) is 5.91 Å². The number of benzene rings is 1. The molecule has 1 heterocycles. The molecule has 130 valence electrons. The standard InChI is InChI=1S/C19H26N2O3/c1-21(2)12-16-15-8-3-4-9-17(15)24-18(16)19(23)20-11-13-6-5-7-14(22)10-13/h3-4,8-9,13-14,22H,5-7,10-12H2,1-2H3,(H,20,23). The Balaban J connectivity index is 1.76. The van der Waals surface area contributed by atoms with E-state index in [-0.39, 0.29) is 12.0 Å². The molecule has 0 spiro atoms. The number of aliphatic hydroxyl groups excluding tert-OH is 1. The van der Waals surface area contributed by atoms with Gasteiger partial charge in [-0.3, -0.25) is 4.79 Å². The summed E-state index contributed by atoms with van der Waals surface area (Å²) in [6, 6.07) is 7.76. The van der Waals surface area contributed by atoms with Gasteiger partial charge in [-0.1, -0.05) is 24.6 Å². The lowest BCUT2D eigenvalue weighted by atomic mass is 9.87. The summed E-state index contributed by atoms with van der Waals surface area (Å²) in [7, 11) is 3.96. The van der Waals surface area contributed by atoms with Crippen LogP contribution >= 0.6 is 0 Å². The number of hydrogen-bond donors (Lipinski definition) is 2. The number of amides is 1. The van der Waals surface area contributed by atoms with Crippen LogP contribution < -0.4 is 5.32 Å². The molecular weight excluding hydrogens is 304 g/mol. The number of para-hydroxylation sites is 1. The molecule has 24 heavy (non-hydrogen) atoms. The van der Waals surface area contributed by atoms with E-state index in [9.17, 15) is 9.90 Å². The van der Waals surface area contributed by atoms with Crippen molar-refractivity contribution in [1.82, 2.24) is 10.2 Å². The molecule has 5 heteroatoms. The number of aliphatic hydroxyl groups is 1. The Morgan fingerprint density at radius 3 is 2.88 bits per heavy atom. The number of rotatable bonds is 5. The second kappa shape index (κ2) is 7.36. The van der Waals surface area contributed by atoms with E-state index in [4.69, 9.17) is 4.42 Å². The highest BCUT2D eigenvalue weighted by Gasteiger charge is 2.24. The van der Waals surface area contributed by atoms with Gasteiger partial charge < -0.3 is 19.7 Å². The molecule has 1 fully saturated rings. The second-order valence-electron chi connectivity index (χ2n) is 7.04. The van der Waals surface area contributed by atoms with Gasteiger partial charge in [0.05, 0.1) is 6.10 Å². The van der Waals surface area contributed by atoms with Crippen molar-refractivity contribution in [3.05, 3.63) is 35.6 Å². The minimum absolute atomic E-state index is 0.164. The summed E-state index contributed by atoms with van der Waals surface area (Å²) in [6.07, 6.45) is 3.50. The largest absolute Gasteiger partial charge is 0.451 e. The first kappa shape index (κ1) is 17.0. The summed E-state index contributed by atoms with van der Waals surface area (Å²) < 4.78 is 5.83. The van der Waals surface area contributed by atoms with Gasteiger partial charge in [-0.2, -0.15) is 0 Å². The highest BCUT2D eigenvalue weighted by molar-refractivity contribution is 5.99. The normalized spacial score (nSPS) is 21.3. The van der Waals surface area contributed by atoms with Crippen molar-refractivity contribution in [3.63, 3.8) is 0 Å². The van der Waals surface area contributed by atoms with Crippen LogP contribution in [0.3, 0.4) is 0 Å². The number of nitrogens with zero attached hydrogens (tertiary/aromatic N) is 1. The second-order valence-corrected chi connectivity index (χ2v) is 7.04. The number of hydrogen-bond acceptors (Lipinski definition) is 4. The Kier molecular flexibility index (Phi) is 5.21. The maximum absolute atomic E-state index is 12.7. The zero-order valence-electron chi connectivity index (χ0n) is 14.4. The van der Waals surface area contributed by atoms with Crippen molar-refractivity contribution in [2.75, 3.05) is 20.6 Å². The fraction of sp³-hybridized carbons (Fsp3) is 0.526. The zero-order chi connectivity index (χ0) is 17.1. The predicted octanol–water partition coefficient (Wildman–Crippen LogP) is 2.78. The van der Waals surface area contributed by atoms with Crippen LogP contribution in [0, 0.1) is 5.92 Å². The van der Waals surface area contributed by atoms with E-state index >= 15 is 0 Å². The van der Waals surface area contributed by atoms with Crippen molar-refractivity contribution >= 4 is 16.9 Å². The van der Waals surface area contributed by atoms with Gasteiger partial charge >= 0.3 is 0 Å². The lowest BCUT2D eigenvalue weighted by molar-refractivity contribution is 0.0853. The van der Waals surface area contributed by atoms with Crippen LogP contribution in [-0.2, 0) is 6.54 Å². The van der Waals surface area contributed by atoms with Gasteiger partial charge in [0.2, 0.25) is 0 Å². The Morgan fingerprint density at radius 1 is 1.33 bits per heavy atom. The minimum Gasteiger partial charge on any atom is -0.451 e. The molecule has 2 aromatic rings. The van der Waals surface area contributed by atoms with E-state index < -0.39 is 0 Å². The number of carbonyl (C=O) groups excluding carboxylic acids is 1. The fourth-order valence-corrected chi connectivity index (χ4v) is 3.52. The highest BCUT2D eigenvalue weighted by atomic mass is 16.3. The van der Waals surface area contributed by atoms with Crippen LogP contribution in [0.15, 0.2) is 28.7 Å². The molecule has 0 saturated heterocycles. The summed E-state index contributed by atoms with van der Waals surface area (Å²) in [5.74, 6) is 0.587. The van der Waals surface area contributed by atoms with Crippen LogP contribution in [0.4, 0.5) is 0 Å². The van der Waals surface area contributed by atoms with Gasteiger partial charge in [0.15, 0.2) is 5.76 Å². The van der Waals surface area contributed by atoms with Crippen LogP contribution in [0.25, 0.3) is 11.0 Å². The topological polar surface area (TPSA) is 65.7 Å². The van der Waals surface area contributed by atoms with E-state index in [1.165, 1.54) is 0 Å². The third-order valence-electron chi connectivity index (χ3n) is 4.69. The first-order chi connectivity index (χ1) is 11.5. The number of carbonyl (C=O) groups is 1. The molecule has 1 aromatic carbocycles. The SMILES string of the molecule is CN(C)Cc1c(C(=O)NCC2CCCC(O)C2)oc2ccccc12. The van der Waals surface area contributed by atoms with Crippen LogP contribution in [0.2, 0.25) is 0 Å². The zero-order valence-corrected chi connectivity index (χ0v) is 14.4. The molecular formula is C19H26N2O3. The van der Waals surface area contributed by atoms with Crippen molar-refractivity contribution in [2.24, 2.45) is 5.92 Å². The third-order valence-corrected chi connectivity index (χ3v) is 4.69. The predicted molar refractivity (Wildman–Crippen MR) is 93.9 cm³/mol. The van der Waals surface area contributed by atoms with Gasteiger partial charge in [-0.15, -0.1) is 0 Å². The van der Waals surface area contributed by atoms with Gasteiger partial charge in [-0.25, -0.2) is 0 Å². The summed E-state index contributed by atoms with van der Waals surface area (Å²) in [6.45, 7) is 1.25. The molecule has 5 nitrogen and oxygen atoms in total. The molecule has 0 bridgehead atoms. The molecule has 1 aliphatic rings. The van der Waals surface area contributed by atoms with Crippen LogP contribution in [0.5, 0.6) is 0 Å². The van der Waals surface area contributed by atoms with E-state index in [0.717, 1.165) is 42.2 Å². The molecule has 0 radical (unpaired) electrons. The number of fused-ring (bicyclic) bond motifs is 1. The van der Waals surface area contributed by atoms with Crippen LogP contribution in [-0.4, -0.2) is 42.7 Å². The van der Waals surface area contributed by atoms with E-state index in [1.54, 1.807) is 0 Å². The summed E-state index contributed by atoms with van der Waals surface area (Å²) >= 11 is 0. The van der Waals surface area contributed by atoms with E-state index in [2.05, 4.69) is 5.32 Å². The van der Waals surface area contributed by atoms with Crippen molar-refractivity contribution in [3.8, 4) is 0 Å². The molecule has 0 aliphatic heterocycles. The molecule has 1 aromatic heterocycles. The monoisotopic (exact) mass is 330 g/mol. The quantitative estimate of drug-likeness (QED) is 0.885. The lowest BCUT2D eigenvalue weighted by Gasteiger charge is -2.25. The van der Waals surface area contributed by atoms with Gasteiger partial charge in [0.1, 0.15) is 5.58 Å².